The van der Waals surface area contributed by atoms with E-state index in [0.717, 1.165) is 33.2 Å². The first-order chi connectivity index (χ1) is 17.3. The van der Waals surface area contributed by atoms with Gasteiger partial charge in [0, 0.05) is 34.8 Å². The molecule has 0 bridgehead atoms. The molecule has 0 aliphatic carbocycles. The van der Waals surface area contributed by atoms with Gasteiger partial charge in [0.05, 0.1) is 18.8 Å². The number of amides is 1. The minimum Gasteiger partial charge on any atom is -0.489 e. The zero-order valence-electron chi connectivity index (χ0n) is 20.1. The molecular formula is C28H28N2O6. The molecule has 1 aromatic heterocycles. The Hall–Kier alpha value is -4.30. The summed E-state index contributed by atoms with van der Waals surface area (Å²) in [4.78, 5) is 23.4. The summed E-state index contributed by atoms with van der Waals surface area (Å²) in [5.41, 5.74) is 11.3. The molecule has 0 saturated carbocycles. The van der Waals surface area contributed by atoms with Crippen molar-refractivity contribution < 1.29 is 28.6 Å². The summed E-state index contributed by atoms with van der Waals surface area (Å²) in [7, 11) is 0. The van der Waals surface area contributed by atoms with Crippen LogP contribution in [0.2, 0.25) is 0 Å². The zero-order valence-corrected chi connectivity index (χ0v) is 20.1. The van der Waals surface area contributed by atoms with Gasteiger partial charge in [-0.3, -0.25) is 10.1 Å². The predicted octanol–water partition coefficient (Wildman–Crippen LogP) is 5.72. The van der Waals surface area contributed by atoms with Gasteiger partial charge in [-0.15, -0.1) is 0 Å². The summed E-state index contributed by atoms with van der Waals surface area (Å²) >= 11 is 0. The number of hydrogen-bond donors (Lipinski definition) is 3. The molecule has 3 aromatic carbocycles. The van der Waals surface area contributed by atoms with E-state index in [-0.39, 0.29) is 19.1 Å². The minimum atomic E-state index is -0.985. The van der Waals surface area contributed by atoms with E-state index in [1.54, 1.807) is 38.3 Å². The fourth-order valence-corrected chi connectivity index (χ4v) is 3.91. The van der Waals surface area contributed by atoms with E-state index in [4.69, 9.17) is 19.6 Å². The first kappa shape index (κ1) is 24.8. The van der Waals surface area contributed by atoms with Gasteiger partial charge in [0.15, 0.2) is 0 Å². The summed E-state index contributed by atoms with van der Waals surface area (Å²) in [6.07, 6.45) is 0.549. The van der Waals surface area contributed by atoms with Gasteiger partial charge in [-0.2, -0.15) is 0 Å². The molecule has 1 amide bonds. The number of benzene rings is 3. The van der Waals surface area contributed by atoms with Crippen LogP contribution in [-0.2, 0) is 29.1 Å². The summed E-state index contributed by atoms with van der Waals surface area (Å²) in [6, 6.07) is 18.6. The van der Waals surface area contributed by atoms with Gasteiger partial charge < -0.3 is 24.7 Å². The lowest BCUT2D eigenvalue weighted by Crippen LogP contribution is -2.18. The van der Waals surface area contributed by atoms with Gasteiger partial charge >= 0.3 is 12.1 Å². The van der Waals surface area contributed by atoms with Crippen molar-refractivity contribution in [2.45, 2.75) is 39.5 Å². The average molecular weight is 489 g/mol. The molecule has 4 rings (SSSR count). The molecule has 0 aliphatic rings. The van der Waals surface area contributed by atoms with Crippen molar-refractivity contribution in [3.05, 3.63) is 83.6 Å². The Bertz CT molecular complexity index is 1390. The van der Waals surface area contributed by atoms with Gasteiger partial charge in [0.1, 0.15) is 17.9 Å². The molecule has 0 unspecified atom stereocenters. The van der Waals surface area contributed by atoms with E-state index in [1.165, 1.54) is 0 Å². The molecule has 0 radical (unpaired) electrons. The lowest BCUT2D eigenvalue weighted by atomic mass is 9.99. The zero-order chi connectivity index (χ0) is 25.7. The lowest BCUT2D eigenvalue weighted by molar-refractivity contribution is -0.136. The van der Waals surface area contributed by atoms with Crippen LogP contribution in [0.4, 0.5) is 10.5 Å². The second-order valence-corrected chi connectivity index (χ2v) is 8.65. The number of aliphatic carboxylic acids is 1. The number of carbonyl (C=O) groups is 2. The van der Waals surface area contributed by atoms with E-state index >= 15 is 0 Å². The number of rotatable bonds is 9. The first-order valence-electron chi connectivity index (χ1n) is 11.6. The number of carbonyl (C=O) groups excluding carboxylic acids is 1. The molecule has 0 atom stereocenters. The van der Waals surface area contributed by atoms with Crippen molar-refractivity contribution in [3.63, 3.8) is 0 Å². The Morgan fingerprint density at radius 2 is 1.89 bits per heavy atom. The molecule has 1 heterocycles. The number of carboxylic acids is 1. The van der Waals surface area contributed by atoms with Crippen LogP contribution in [-0.4, -0.2) is 23.3 Å². The smallest absolute Gasteiger partial charge is 0.411 e. The highest BCUT2D eigenvalue weighted by molar-refractivity contribution is 5.93. The number of nitrogens with one attached hydrogen (secondary N) is 1. The van der Waals surface area contributed by atoms with Crippen molar-refractivity contribution in [2.75, 3.05) is 5.32 Å². The van der Waals surface area contributed by atoms with E-state index in [2.05, 4.69) is 5.32 Å². The van der Waals surface area contributed by atoms with Gasteiger partial charge in [0.25, 0.3) is 0 Å². The van der Waals surface area contributed by atoms with E-state index < -0.39 is 12.1 Å². The predicted molar refractivity (Wildman–Crippen MR) is 137 cm³/mol. The van der Waals surface area contributed by atoms with Crippen molar-refractivity contribution in [2.24, 2.45) is 5.73 Å². The number of furan rings is 1. The Morgan fingerprint density at radius 3 is 2.64 bits per heavy atom. The molecule has 0 aliphatic heterocycles. The highest BCUT2D eigenvalue weighted by atomic mass is 16.6. The molecule has 4 aromatic rings. The van der Waals surface area contributed by atoms with Crippen molar-refractivity contribution in [3.8, 4) is 16.9 Å². The van der Waals surface area contributed by atoms with Crippen LogP contribution in [0.15, 0.2) is 71.3 Å². The third kappa shape index (κ3) is 6.03. The third-order valence-corrected chi connectivity index (χ3v) is 5.48. The second-order valence-electron chi connectivity index (χ2n) is 8.65. The largest absolute Gasteiger partial charge is 0.489 e. The standard InChI is InChI=1S/C28H28N2O6/c1-17(2)36-28(33)30-23-7-6-21(13-26(31)32)25(14-23)35-16-19-11-22-8-9-34-27(22)24(12-19)20-5-3-4-18(10-20)15-29/h3-12,14,17H,13,15-16,29H2,1-2H3,(H,30,33)(H,31,32). The summed E-state index contributed by atoms with van der Waals surface area (Å²) in [5, 5.41) is 12.9. The molecule has 8 heteroatoms. The Balaban J connectivity index is 1.63. The van der Waals surface area contributed by atoms with E-state index in [1.807, 2.05) is 42.5 Å². The van der Waals surface area contributed by atoms with Crippen LogP contribution in [0, 0.1) is 0 Å². The van der Waals surface area contributed by atoms with Gasteiger partial charge in [0.2, 0.25) is 0 Å². The van der Waals surface area contributed by atoms with Crippen LogP contribution < -0.4 is 15.8 Å². The van der Waals surface area contributed by atoms with Crippen LogP contribution in [0.25, 0.3) is 22.1 Å². The number of anilines is 1. The SMILES string of the molecule is CC(C)OC(=O)Nc1ccc(CC(=O)O)c(OCc2cc(-c3cccc(CN)c3)c3occc3c2)c1. The molecular weight excluding hydrogens is 460 g/mol. The molecule has 186 valence electrons. The monoisotopic (exact) mass is 488 g/mol. The first-order valence-corrected chi connectivity index (χ1v) is 11.6. The van der Waals surface area contributed by atoms with Crippen LogP contribution in [0.3, 0.4) is 0 Å². The highest BCUT2D eigenvalue weighted by Crippen LogP contribution is 2.33. The summed E-state index contributed by atoms with van der Waals surface area (Å²) < 4.78 is 17.0. The fourth-order valence-electron chi connectivity index (χ4n) is 3.91. The maximum Gasteiger partial charge on any atom is 0.411 e. The van der Waals surface area contributed by atoms with Crippen molar-refractivity contribution in [1.82, 2.24) is 0 Å². The van der Waals surface area contributed by atoms with Gasteiger partial charge in [-0.1, -0.05) is 24.3 Å². The van der Waals surface area contributed by atoms with Crippen LogP contribution in [0.1, 0.15) is 30.5 Å². The number of nitrogens with two attached hydrogens (primary N) is 1. The van der Waals surface area contributed by atoms with E-state index in [0.29, 0.717) is 23.5 Å². The fraction of sp³-hybridized carbons (Fsp3) is 0.214. The lowest BCUT2D eigenvalue weighted by Gasteiger charge is -2.15. The van der Waals surface area contributed by atoms with E-state index in [9.17, 15) is 14.7 Å². The van der Waals surface area contributed by atoms with Crippen LogP contribution >= 0.6 is 0 Å². The molecule has 4 N–H and O–H groups in total. The van der Waals surface area contributed by atoms with Crippen molar-refractivity contribution >= 4 is 28.7 Å². The van der Waals surface area contributed by atoms with Crippen molar-refractivity contribution in [1.29, 1.82) is 0 Å². The normalized spacial score (nSPS) is 11.0. The summed E-state index contributed by atoms with van der Waals surface area (Å²) in [6.45, 7) is 4.11. The van der Waals surface area contributed by atoms with Crippen LogP contribution in [0.5, 0.6) is 5.75 Å². The quantitative estimate of drug-likeness (QED) is 0.275. The Labute approximate surface area is 208 Å². The maximum atomic E-state index is 12.0. The number of carboxylic acid groups (broad SMARTS) is 1. The molecule has 36 heavy (non-hydrogen) atoms. The Kier molecular flexibility index (Phi) is 7.56. The molecule has 8 nitrogen and oxygen atoms in total. The second kappa shape index (κ2) is 11.0. The maximum absolute atomic E-state index is 12.0. The third-order valence-electron chi connectivity index (χ3n) is 5.48. The highest BCUT2D eigenvalue weighted by Gasteiger charge is 2.14. The molecule has 0 fully saturated rings. The Morgan fingerprint density at radius 1 is 1.06 bits per heavy atom. The number of fused-ring (bicyclic) bond motifs is 1. The van der Waals surface area contributed by atoms with Gasteiger partial charge in [-0.05, 0) is 60.9 Å². The summed E-state index contributed by atoms with van der Waals surface area (Å²) in [5.74, 6) is -0.625. The molecule has 0 saturated heterocycles. The topological polar surface area (TPSA) is 124 Å². The molecule has 0 spiro atoms. The average Bonchev–Trinajstić information content (AvgIpc) is 3.31. The number of ether oxygens (including phenoxy) is 2. The number of hydrogen-bond acceptors (Lipinski definition) is 6. The van der Waals surface area contributed by atoms with Gasteiger partial charge in [-0.25, -0.2) is 4.79 Å². The minimum absolute atomic E-state index is 0.178.